The normalized spacial score (nSPS) is 16.8. The summed E-state index contributed by atoms with van der Waals surface area (Å²) in [5, 5.41) is 3.47. The summed E-state index contributed by atoms with van der Waals surface area (Å²) in [4.78, 5) is 0. The van der Waals surface area contributed by atoms with Gasteiger partial charge in [0.15, 0.2) is 0 Å². The standard InChI is InChI=1S/C22H29NO2/c1-18(2)25-21-10-8-19(9-11-21)16-24-17-22(12-14-23-15-13-22)20-6-4-3-5-7-20/h3-11,18,23H,12-17H2,1-2H3. The fourth-order valence-electron chi connectivity index (χ4n) is 3.51. The molecule has 0 atom stereocenters. The molecular weight excluding hydrogens is 310 g/mol. The molecule has 0 bridgehead atoms. The Balaban J connectivity index is 1.60. The maximum Gasteiger partial charge on any atom is 0.119 e. The van der Waals surface area contributed by atoms with Crippen molar-refractivity contribution < 1.29 is 9.47 Å². The molecule has 134 valence electrons. The van der Waals surface area contributed by atoms with Crippen LogP contribution in [0.15, 0.2) is 54.6 Å². The van der Waals surface area contributed by atoms with E-state index in [1.807, 2.05) is 26.0 Å². The van der Waals surface area contributed by atoms with Crippen LogP contribution in [-0.4, -0.2) is 25.8 Å². The van der Waals surface area contributed by atoms with Crippen LogP contribution in [0.4, 0.5) is 0 Å². The minimum atomic E-state index is 0.132. The second kappa shape index (κ2) is 8.50. The summed E-state index contributed by atoms with van der Waals surface area (Å²) in [6, 6.07) is 19.1. The van der Waals surface area contributed by atoms with E-state index in [1.54, 1.807) is 0 Å². The highest BCUT2D eigenvalue weighted by Crippen LogP contribution is 2.34. The molecule has 1 saturated heterocycles. The molecule has 1 heterocycles. The highest BCUT2D eigenvalue weighted by atomic mass is 16.5. The van der Waals surface area contributed by atoms with Crippen LogP contribution in [0.2, 0.25) is 0 Å². The Morgan fingerprint density at radius 3 is 2.28 bits per heavy atom. The Bertz CT molecular complexity index is 631. The van der Waals surface area contributed by atoms with Gasteiger partial charge in [-0.25, -0.2) is 0 Å². The van der Waals surface area contributed by atoms with E-state index >= 15 is 0 Å². The highest BCUT2D eigenvalue weighted by molar-refractivity contribution is 5.28. The van der Waals surface area contributed by atoms with Gasteiger partial charge in [-0.15, -0.1) is 0 Å². The molecule has 0 amide bonds. The number of nitrogens with one attached hydrogen (secondary N) is 1. The van der Waals surface area contributed by atoms with Crippen LogP contribution in [0.25, 0.3) is 0 Å². The van der Waals surface area contributed by atoms with Crippen LogP contribution >= 0.6 is 0 Å². The molecule has 3 rings (SSSR count). The van der Waals surface area contributed by atoms with Crippen LogP contribution in [0.3, 0.4) is 0 Å². The number of piperidine rings is 1. The van der Waals surface area contributed by atoms with Crippen molar-refractivity contribution >= 4 is 0 Å². The highest BCUT2D eigenvalue weighted by Gasteiger charge is 2.34. The Morgan fingerprint density at radius 1 is 0.960 bits per heavy atom. The average molecular weight is 339 g/mol. The lowest BCUT2D eigenvalue weighted by molar-refractivity contribution is 0.0565. The Morgan fingerprint density at radius 2 is 1.64 bits per heavy atom. The zero-order chi connectivity index (χ0) is 17.5. The van der Waals surface area contributed by atoms with E-state index in [4.69, 9.17) is 9.47 Å². The van der Waals surface area contributed by atoms with Gasteiger partial charge in [-0.2, -0.15) is 0 Å². The predicted molar refractivity (Wildman–Crippen MR) is 102 cm³/mol. The molecule has 2 aromatic rings. The minimum absolute atomic E-state index is 0.132. The molecule has 0 aliphatic carbocycles. The third-order valence-corrected chi connectivity index (χ3v) is 4.89. The molecule has 0 saturated carbocycles. The largest absolute Gasteiger partial charge is 0.491 e. The van der Waals surface area contributed by atoms with Gasteiger partial charge in [0.25, 0.3) is 0 Å². The third-order valence-electron chi connectivity index (χ3n) is 4.89. The molecule has 1 N–H and O–H groups in total. The van der Waals surface area contributed by atoms with E-state index in [1.165, 1.54) is 11.1 Å². The van der Waals surface area contributed by atoms with Gasteiger partial charge in [-0.1, -0.05) is 42.5 Å². The summed E-state index contributed by atoms with van der Waals surface area (Å²) in [6.45, 7) is 7.60. The third kappa shape index (κ3) is 4.83. The summed E-state index contributed by atoms with van der Waals surface area (Å²) < 4.78 is 11.9. The zero-order valence-corrected chi connectivity index (χ0v) is 15.3. The number of ether oxygens (including phenoxy) is 2. The number of hydrogen-bond donors (Lipinski definition) is 1. The minimum Gasteiger partial charge on any atom is -0.491 e. The summed E-state index contributed by atoms with van der Waals surface area (Å²) in [5.74, 6) is 0.915. The zero-order valence-electron chi connectivity index (χ0n) is 15.3. The van der Waals surface area contributed by atoms with Crippen molar-refractivity contribution in [1.82, 2.24) is 5.32 Å². The molecule has 0 unspecified atom stereocenters. The van der Waals surface area contributed by atoms with E-state index < -0.39 is 0 Å². The topological polar surface area (TPSA) is 30.5 Å². The van der Waals surface area contributed by atoms with E-state index in [0.29, 0.717) is 6.61 Å². The molecular formula is C22H29NO2. The second-order valence-corrected chi connectivity index (χ2v) is 7.20. The maximum absolute atomic E-state index is 6.17. The summed E-state index contributed by atoms with van der Waals surface area (Å²) in [5.41, 5.74) is 2.72. The fraction of sp³-hybridized carbons (Fsp3) is 0.455. The molecule has 1 aliphatic heterocycles. The van der Waals surface area contributed by atoms with Gasteiger partial charge in [0, 0.05) is 5.41 Å². The number of hydrogen-bond acceptors (Lipinski definition) is 3. The van der Waals surface area contributed by atoms with Crippen molar-refractivity contribution in [2.24, 2.45) is 0 Å². The monoisotopic (exact) mass is 339 g/mol. The van der Waals surface area contributed by atoms with Crippen molar-refractivity contribution in [1.29, 1.82) is 0 Å². The Hall–Kier alpha value is -1.84. The average Bonchev–Trinajstić information content (AvgIpc) is 2.64. The van der Waals surface area contributed by atoms with Crippen LogP contribution < -0.4 is 10.1 Å². The second-order valence-electron chi connectivity index (χ2n) is 7.20. The molecule has 1 fully saturated rings. The van der Waals surface area contributed by atoms with Gasteiger partial charge in [-0.3, -0.25) is 0 Å². The first kappa shape index (κ1) is 18.0. The van der Waals surface area contributed by atoms with Gasteiger partial charge in [0.1, 0.15) is 5.75 Å². The lowest BCUT2D eigenvalue weighted by Gasteiger charge is -2.38. The Labute approximate surface area is 151 Å². The quantitative estimate of drug-likeness (QED) is 0.815. The molecule has 3 nitrogen and oxygen atoms in total. The lowest BCUT2D eigenvalue weighted by Crippen LogP contribution is -2.43. The van der Waals surface area contributed by atoms with Gasteiger partial charge in [0.05, 0.1) is 19.3 Å². The summed E-state index contributed by atoms with van der Waals surface area (Å²) in [6.07, 6.45) is 2.45. The van der Waals surface area contributed by atoms with Gasteiger partial charge in [0.2, 0.25) is 0 Å². The first-order valence-corrected chi connectivity index (χ1v) is 9.28. The maximum atomic E-state index is 6.17. The van der Waals surface area contributed by atoms with Crippen molar-refractivity contribution in [3.8, 4) is 5.75 Å². The van der Waals surface area contributed by atoms with Crippen LogP contribution in [0.1, 0.15) is 37.8 Å². The van der Waals surface area contributed by atoms with Crippen LogP contribution in [-0.2, 0) is 16.8 Å². The molecule has 25 heavy (non-hydrogen) atoms. The van der Waals surface area contributed by atoms with Crippen molar-refractivity contribution in [3.63, 3.8) is 0 Å². The van der Waals surface area contributed by atoms with Gasteiger partial charge >= 0.3 is 0 Å². The SMILES string of the molecule is CC(C)Oc1ccc(COCC2(c3ccccc3)CCNCC2)cc1. The van der Waals surface area contributed by atoms with Crippen LogP contribution in [0.5, 0.6) is 5.75 Å². The lowest BCUT2D eigenvalue weighted by atomic mass is 9.74. The van der Waals surface area contributed by atoms with E-state index in [-0.39, 0.29) is 11.5 Å². The molecule has 3 heteroatoms. The van der Waals surface area contributed by atoms with Crippen LogP contribution in [0, 0.1) is 0 Å². The molecule has 0 aromatic heterocycles. The summed E-state index contributed by atoms with van der Waals surface area (Å²) in [7, 11) is 0. The van der Waals surface area contributed by atoms with Gasteiger partial charge < -0.3 is 14.8 Å². The first-order chi connectivity index (χ1) is 12.2. The van der Waals surface area contributed by atoms with Crippen molar-refractivity contribution in [2.75, 3.05) is 19.7 Å². The van der Waals surface area contributed by atoms with Crippen molar-refractivity contribution in [2.45, 2.75) is 44.8 Å². The van der Waals surface area contributed by atoms with Crippen molar-refractivity contribution in [3.05, 3.63) is 65.7 Å². The summed E-state index contributed by atoms with van der Waals surface area (Å²) >= 11 is 0. The molecule has 1 aliphatic rings. The van der Waals surface area contributed by atoms with Gasteiger partial charge in [-0.05, 0) is 63.0 Å². The molecule has 2 aromatic carbocycles. The first-order valence-electron chi connectivity index (χ1n) is 9.28. The number of benzene rings is 2. The Kier molecular flexibility index (Phi) is 6.11. The fourth-order valence-corrected chi connectivity index (χ4v) is 3.51. The van der Waals surface area contributed by atoms with E-state index in [0.717, 1.165) is 38.3 Å². The molecule has 0 radical (unpaired) electrons. The predicted octanol–water partition coefficient (Wildman–Crippen LogP) is 4.31. The smallest absolute Gasteiger partial charge is 0.119 e. The number of rotatable bonds is 7. The van der Waals surface area contributed by atoms with E-state index in [2.05, 4.69) is 47.8 Å². The molecule has 0 spiro atoms. The van der Waals surface area contributed by atoms with E-state index in [9.17, 15) is 0 Å².